The van der Waals surface area contributed by atoms with Gasteiger partial charge in [-0.3, -0.25) is 19.6 Å². The third-order valence-corrected chi connectivity index (χ3v) is 24.4. The predicted octanol–water partition coefficient (Wildman–Crippen LogP) is 10.9. The molecule has 0 aromatic carbocycles. The smallest absolute Gasteiger partial charge is 0.373 e. The highest BCUT2D eigenvalue weighted by molar-refractivity contribution is 5.75. The molecule has 2 unspecified atom stereocenters. The summed E-state index contributed by atoms with van der Waals surface area (Å²) in [6, 6.07) is 6.19. The summed E-state index contributed by atoms with van der Waals surface area (Å²) in [5.41, 5.74) is 0.847. The van der Waals surface area contributed by atoms with Crippen molar-refractivity contribution in [3.05, 3.63) is 30.1 Å². The molecule has 1 aliphatic carbocycles. The molecule has 30 nitrogen and oxygen atoms in total. The molecule has 132 heavy (non-hydrogen) atoms. The number of likely N-dealkylation sites (N-methyl/N-ethyl adjacent to an activating group) is 1. The summed E-state index contributed by atoms with van der Waals surface area (Å²) < 4.78 is 49.4. The van der Waals surface area contributed by atoms with E-state index in [-0.39, 0.29) is 49.9 Å². The van der Waals surface area contributed by atoms with Crippen molar-refractivity contribution >= 4 is 12.1 Å². The van der Waals surface area contributed by atoms with Crippen LogP contribution >= 0.6 is 0 Å². The van der Waals surface area contributed by atoms with E-state index in [1.54, 1.807) is 0 Å². The van der Waals surface area contributed by atoms with Crippen molar-refractivity contribution in [3.63, 3.8) is 0 Å². The molecule has 9 aliphatic rings. The summed E-state index contributed by atoms with van der Waals surface area (Å²) in [7, 11) is 4.31. The van der Waals surface area contributed by atoms with Crippen LogP contribution in [0.15, 0.2) is 24.5 Å². The van der Waals surface area contributed by atoms with Crippen LogP contribution in [0.25, 0.3) is 0 Å². The molecular formula is C102H203N11O19. The first-order valence-corrected chi connectivity index (χ1v) is 51.8. The largest absolute Gasteiger partial charge is 0.481 e. The van der Waals surface area contributed by atoms with Crippen molar-refractivity contribution < 1.29 is 92.8 Å². The van der Waals surface area contributed by atoms with Gasteiger partial charge in [0.25, 0.3) is 0 Å². The molecule has 2 bridgehead atoms. The molecule has 30 heteroatoms. The molecule has 9 N–H and O–H groups in total. The number of rotatable bonds is 54. The van der Waals surface area contributed by atoms with Crippen LogP contribution in [0.1, 0.15) is 271 Å². The van der Waals surface area contributed by atoms with Gasteiger partial charge in [-0.2, -0.15) is 9.59 Å². The minimum Gasteiger partial charge on any atom is -0.481 e. The van der Waals surface area contributed by atoms with Crippen LogP contribution in [0.5, 0.6) is 0 Å². The van der Waals surface area contributed by atoms with Crippen LogP contribution in [0.2, 0.25) is 0 Å². The van der Waals surface area contributed by atoms with Gasteiger partial charge < -0.3 is 118 Å². The van der Waals surface area contributed by atoms with Crippen molar-refractivity contribution in [3.8, 4) is 0 Å². The van der Waals surface area contributed by atoms with Crippen molar-refractivity contribution in [1.82, 2.24) is 54.8 Å². The Kier molecular flexibility index (Phi) is 76.6. The number of nitrogens with zero attached hydrogens (tertiary/aromatic N) is 9. The molecular weight excluding hydrogens is 1680 g/mol. The number of nitrogens with one attached hydrogen (secondary N) is 2. The van der Waals surface area contributed by atoms with Crippen LogP contribution in [0.3, 0.4) is 0 Å². The normalized spacial score (nSPS) is 20.7. The molecule has 8 saturated heterocycles. The number of carbonyl (C=O) groups excluding carboxylic acids is 2. The molecule has 0 spiro atoms. The van der Waals surface area contributed by atoms with Crippen LogP contribution < -0.4 is 10.6 Å². The van der Waals surface area contributed by atoms with Crippen LogP contribution in [-0.4, -0.2) is 427 Å². The SMILES string of the molecule is CC(C)OCC1(CN2CC[C@@H](O)C2)CC1.CC(C)OCCCN1C2CCC1CC(O)C2.CC(C)OCCCN1CC(N(C)C)C1.CC(C)OCCCN1CC(O)C1.CC(C)OCCCN1CCC(CO)(C(=O)O)CC1.CC(C)OCCCN1CCCC1.CC(C)OCCCN1CCCCC1.CC(C)OCCCNCCc1ccncc1.CC(C)OCCCNC[C@H](O)CO.O=C=O. The Hall–Kier alpha value is -3.00. The molecule has 1 aromatic heterocycles. The topological polar surface area (TPSA) is 339 Å². The Morgan fingerprint density at radius 3 is 1.17 bits per heavy atom. The van der Waals surface area contributed by atoms with Crippen molar-refractivity contribution in [2.24, 2.45) is 10.8 Å². The zero-order valence-electron chi connectivity index (χ0n) is 87.4. The number of pyridine rings is 1. The van der Waals surface area contributed by atoms with Crippen LogP contribution in [0, 0.1) is 10.8 Å². The van der Waals surface area contributed by atoms with E-state index in [1.807, 2.05) is 53.9 Å². The van der Waals surface area contributed by atoms with Gasteiger partial charge in [0.05, 0.1) is 105 Å². The van der Waals surface area contributed by atoms with Crippen LogP contribution in [0.4, 0.5) is 0 Å². The molecule has 1 saturated carbocycles. The average molecular weight is 1890 g/mol. The molecule has 9 fully saturated rings. The summed E-state index contributed by atoms with van der Waals surface area (Å²) >= 11 is 0. The first kappa shape index (κ1) is 127. The maximum Gasteiger partial charge on any atom is 0.373 e. The summed E-state index contributed by atoms with van der Waals surface area (Å²) in [6.45, 7) is 68.5. The Bertz CT molecular complexity index is 2760. The van der Waals surface area contributed by atoms with Gasteiger partial charge in [0, 0.05) is 180 Å². The van der Waals surface area contributed by atoms with Crippen molar-refractivity contribution in [1.29, 1.82) is 0 Å². The molecule has 0 radical (unpaired) electrons. The number of likely N-dealkylation sites (tertiary alicyclic amines) is 6. The number of hydrogen-bond acceptors (Lipinski definition) is 29. The number of aliphatic hydroxyl groups excluding tert-OH is 6. The first-order chi connectivity index (χ1) is 63.0. The summed E-state index contributed by atoms with van der Waals surface area (Å²) in [4.78, 5) is 50.8. The Balaban J connectivity index is 0.000000741. The molecule has 10 rings (SSSR count). The zero-order chi connectivity index (χ0) is 98.3. The Morgan fingerprint density at radius 1 is 0.447 bits per heavy atom. The number of aliphatic hydroxyl groups is 6. The molecule has 9 heterocycles. The zero-order valence-corrected chi connectivity index (χ0v) is 87.4. The number of aliphatic carboxylic acids is 1. The van der Waals surface area contributed by atoms with Gasteiger partial charge in [0.2, 0.25) is 0 Å². The fourth-order valence-electron chi connectivity index (χ4n) is 16.4. The number of β-amino-alcohol motifs (C(OH)–C–C–N with tert-alkyl or cyclic N) is 2. The van der Waals surface area contributed by atoms with E-state index < -0.39 is 17.5 Å². The lowest BCUT2D eigenvalue weighted by molar-refractivity contribution is -0.191. The molecule has 780 valence electrons. The predicted molar refractivity (Wildman–Crippen MR) is 531 cm³/mol. The van der Waals surface area contributed by atoms with Gasteiger partial charge in [-0.05, 0) is 357 Å². The van der Waals surface area contributed by atoms with Crippen molar-refractivity contribution in [2.75, 3.05) is 237 Å². The van der Waals surface area contributed by atoms with E-state index in [0.717, 1.165) is 208 Å². The quantitative estimate of drug-likeness (QED) is 0.0274. The van der Waals surface area contributed by atoms with E-state index in [4.69, 9.17) is 72.6 Å². The molecule has 4 atom stereocenters. The second-order valence-corrected chi connectivity index (χ2v) is 40.3. The monoisotopic (exact) mass is 1890 g/mol. The number of aromatic nitrogens is 1. The summed E-state index contributed by atoms with van der Waals surface area (Å²) in [5.74, 6) is -0.868. The van der Waals surface area contributed by atoms with Gasteiger partial charge >= 0.3 is 12.1 Å². The van der Waals surface area contributed by atoms with Gasteiger partial charge in [-0.15, -0.1) is 0 Å². The third-order valence-electron chi connectivity index (χ3n) is 24.4. The molecule has 0 amide bonds. The van der Waals surface area contributed by atoms with E-state index >= 15 is 0 Å². The number of piperidine rings is 3. The lowest BCUT2D eigenvalue weighted by atomic mass is 9.79. The summed E-state index contributed by atoms with van der Waals surface area (Å²) in [5, 5.41) is 70.4. The fourth-order valence-corrected chi connectivity index (χ4v) is 16.4. The van der Waals surface area contributed by atoms with Gasteiger partial charge in [-0.25, -0.2) is 0 Å². The highest BCUT2D eigenvalue weighted by atomic mass is 16.5. The van der Waals surface area contributed by atoms with E-state index in [1.165, 1.54) is 142 Å². The Labute approximate surface area is 803 Å². The van der Waals surface area contributed by atoms with E-state index in [9.17, 15) is 20.1 Å². The average Bonchev–Trinajstić information content (AvgIpc) is 1.64. The lowest BCUT2D eigenvalue weighted by Gasteiger charge is -2.42. The fraction of sp³-hybridized carbons (Fsp3) is 0.931. The number of carbonyl (C=O) groups is 1. The van der Waals surface area contributed by atoms with Gasteiger partial charge in [0.1, 0.15) is 0 Å². The number of ether oxygens (including phenoxy) is 9. The minimum atomic E-state index is -0.912. The maximum atomic E-state index is 11.2. The number of carboxylic acids is 1. The van der Waals surface area contributed by atoms with E-state index in [0.29, 0.717) is 79.6 Å². The van der Waals surface area contributed by atoms with Gasteiger partial charge in [0.15, 0.2) is 0 Å². The highest BCUT2D eigenvalue weighted by Gasteiger charge is 2.46. The highest BCUT2D eigenvalue weighted by Crippen LogP contribution is 2.47. The minimum absolute atomic E-state index is 0.0411. The standard InChI is InChI=1S/C13H22N2O.C13H25NO4.C13H25NO2.C12H23NO2.C11H24N2O.C11H23NO.C10H21NO.C9H21NO3.C9H19NO2.CO2/c1-12(2)16-11-3-7-14-8-4-13-5-9-15-10-6-13;1-11(2)18-9-3-6-14-7-4-13(10-15,5-8-14)12(16)17;1-10(2)16-7-3-6-14-11-4-5-12(14)9-13(15)8-11;1-10(2)15-9-12(4-5-12)8-13-6-3-11(14)7-13;1-10(2)14-7-5-6-13-8-11(9-13)12(3)4;1-11(2)13-10-6-9-12-7-4-3-5-8-12;1-10(2)12-9-5-8-11-6-3-4-7-11;1-8(2)13-5-3-4-10-6-9(12)7-11;1-8(2)12-5-3-4-10-6-9(11)7-10;2-1-3/h5-6,9-10,12,14H,3-4,7-8,11H2,1-2H3;11,15H,3-10H2,1-2H3,(H,16,17);10-13,15H,3-9H2,1-2H3;10-11,14H,3-9H2,1-2H3;10-11H,5-9H2,1-4H3;11H,3-10H2,1-2H3;10H,3-9H2,1-2H3;8-12H,3-7H2,1-2H3;8-9,11H,3-7H2,1-2H3;/t;;;11-;;;;9-;;/m...1...0../s1. The summed E-state index contributed by atoms with van der Waals surface area (Å²) in [6.07, 6.45) is 32.1. The first-order valence-electron chi connectivity index (χ1n) is 51.8. The second-order valence-electron chi connectivity index (χ2n) is 40.3. The Morgan fingerprint density at radius 2 is 0.811 bits per heavy atom. The van der Waals surface area contributed by atoms with E-state index in [2.05, 4.69) is 164 Å². The van der Waals surface area contributed by atoms with Gasteiger partial charge in [-0.1, -0.05) is 6.42 Å². The lowest BCUT2D eigenvalue weighted by Crippen LogP contribution is -2.57. The second kappa shape index (κ2) is 79.6. The van der Waals surface area contributed by atoms with Crippen molar-refractivity contribution in [2.45, 2.75) is 370 Å². The maximum absolute atomic E-state index is 11.2. The number of hydrogen-bond donors (Lipinski definition) is 9. The van der Waals surface area contributed by atoms with Crippen LogP contribution in [-0.2, 0) is 63.4 Å². The molecule has 1 aromatic rings. The number of carboxylic acid groups (broad SMARTS) is 1. The third kappa shape index (κ3) is 69.8. The molecule has 8 aliphatic heterocycles. The number of fused-ring (bicyclic) bond motifs is 2.